The van der Waals surface area contributed by atoms with Gasteiger partial charge in [0.25, 0.3) is 0 Å². The molecule has 0 bridgehead atoms. The lowest BCUT2D eigenvalue weighted by molar-refractivity contribution is -0.142. The lowest BCUT2D eigenvalue weighted by Gasteiger charge is -2.50. The lowest BCUT2D eigenvalue weighted by Crippen LogP contribution is -2.58. The maximum absolute atomic E-state index is 6.20. The first-order valence-corrected chi connectivity index (χ1v) is 7.51. The van der Waals surface area contributed by atoms with Crippen molar-refractivity contribution in [3.05, 3.63) is 24.3 Å². The molecule has 20 heavy (non-hydrogen) atoms. The molecule has 2 fully saturated rings. The van der Waals surface area contributed by atoms with Crippen molar-refractivity contribution < 1.29 is 4.74 Å². The summed E-state index contributed by atoms with van der Waals surface area (Å²) in [6, 6.07) is 8.34. The maximum atomic E-state index is 6.20. The van der Waals surface area contributed by atoms with Gasteiger partial charge in [-0.25, -0.2) is 4.98 Å². The molecular weight excluding hydrogens is 250 g/mol. The van der Waals surface area contributed by atoms with E-state index in [9.17, 15) is 0 Å². The zero-order valence-corrected chi connectivity index (χ0v) is 12.2. The van der Waals surface area contributed by atoms with Crippen LogP contribution in [-0.2, 0) is 11.8 Å². The van der Waals surface area contributed by atoms with Gasteiger partial charge in [-0.05, 0) is 38.3 Å². The quantitative estimate of drug-likeness (QED) is 0.799. The van der Waals surface area contributed by atoms with Gasteiger partial charge in [-0.15, -0.1) is 0 Å². The molecule has 4 heteroatoms. The zero-order chi connectivity index (χ0) is 13.7. The summed E-state index contributed by atoms with van der Waals surface area (Å²) in [5.41, 5.74) is 2.37. The highest BCUT2D eigenvalue weighted by molar-refractivity contribution is 5.78. The minimum atomic E-state index is 0.0931. The second kappa shape index (κ2) is 4.22. The van der Waals surface area contributed by atoms with E-state index in [0.717, 1.165) is 24.6 Å². The van der Waals surface area contributed by atoms with E-state index < -0.39 is 0 Å². The number of fused-ring (bicyclic) bond motifs is 1. The average Bonchev–Trinajstić information content (AvgIpc) is 2.74. The van der Waals surface area contributed by atoms with Crippen molar-refractivity contribution in [3.8, 4) is 0 Å². The van der Waals surface area contributed by atoms with Crippen LogP contribution in [0.15, 0.2) is 24.3 Å². The molecule has 0 amide bonds. The SMILES string of the molecule is CC1CN(c2nc3ccccc3n2C)CC2(CCC2)O1. The molecule has 0 N–H and O–H groups in total. The molecule has 1 unspecified atom stereocenters. The Balaban J connectivity index is 1.72. The molecule has 1 aromatic carbocycles. The van der Waals surface area contributed by atoms with Crippen molar-refractivity contribution in [2.24, 2.45) is 7.05 Å². The molecule has 1 aliphatic heterocycles. The third-order valence-electron chi connectivity index (χ3n) is 4.72. The van der Waals surface area contributed by atoms with Gasteiger partial charge < -0.3 is 14.2 Å². The van der Waals surface area contributed by atoms with E-state index in [4.69, 9.17) is 9.72 Å². The molecule has 2 aliphatic rings. The topological polar surface area (TPSA) is 30.3 Å². The van der Waals surface area contributed by atoms with Crippen LogP contribution in [0.3, 0.4) is 0 Å². The van der Waals surface area contributed by atoms with Crippen molar-refractivity contribution in [1.82, 2.24) is 9.55 Å². The summed E-state index contributed by atoms with van der Waals surface area (Å²) in [6.07, 6.45) is 3.96. The third-order valence-corrected chi connectivity index (χ3v) is 4.72. The van der Waals surface area contributed by atoms with E-state index in [1.807, 2.05) is 0 Å². The number of benzene rings is 1. The predicted octanol–water partition coefficient (Wildman–Crippen LogP) is 2.72. The molecule has 1 saturated heterocycles. The van der Waals surface area contributed by atoms with Gasteiger partial charge >= 0.3 is 0 Å². The Morgan fingerprint density at radius 2 is 2.10 bits per heavy atom. The van der Waals surface area contributed by atoms with Crippen LogP contribution in [0.2, 0.25) is 0 Å². The molecule has 1 aliphatic carbocycles. The molecule has 1 aromatic heterocycles. The van der Waals surface area contributed by atoms with Gasteiger partial charge in [0.15, 0.2) is 0 Å². The van der Waals surface area contributed by atoms with Gasteiger partial charge in [0.1, 0.15) is 0 Å². The fraction of sp³-hybridized carbons (Fsp3) is 0.562. The molecule has 4 rings (SSSR count). The summed E-state index contributed by atoms with van der Waals surface area (Å²) in [5, 5.41) is 0. The van der Waals surface area contributed by atoms with Crippen LogP contribution in [0.4, 0.5) is 5.95 Å². The molecule has 106 valence electrons. The first-order chi connectivity index (χ1) is 9.67. The monoisotopic (exact) mass is 271 g/mol. The molecule has 1 spiro atoms. The largest absolute Gasteiger partial charge is 0.368 e. The average molecular weight is 271 g/mol. The van der Waals surface area contributed by atoms with Gasteiger partial charge in [-0.1, -0.05) is 12.1 Å². The first kappa shape index (κ1) is 12.2. The van der Waals surface area contributed by atoms with Gasteiger partial charge in [0.2, 0.25) is 5.95 Å². The number of imidazole rings is 1. The Morgan fingerprint density at radius 1 is 1.30 bits per heavy atom. The number of aryl methyl sites for hydroxylation is 1. The van der Waals surface area contributed by atoms with Crippen molar-refractivity contribution >= 4 is 17.0 Å². The highest BCUT2D eigenvalue weighted by atomic mass is 16.5. The maximum Gasteiger partial charge on any atom is 0.206 e. The Labute approximate surface area is 119 Å². The minimum absolute atomic E-state index is 0.0931. The molecular formula is C16H21N3O. The van der Waals surface area contributed by atoms with Crippen molar-refractivity contribution in [3.63, 3.8) is 0 Å². The van der Waals surface area contributed by atoms with Crippen LogP contribution in [0.5, 0.6) is 0 Å². The van der Waals surface area contributed by atoms with Gasteiger partial charge in [-0.3, -0.25) is 0 Å². The van der Waals surface area contributed by atoms with E-state index in [1.165, 1.54) is 24.8 Å². The second-order valence-electron chi connectivity index (χ2n) is 6.31. The fourth-order valence-corrected chi connectivity index (χ4v) is 3.64. The predicted molar refractivity (Wildman–Crippen MR) is 80.1 cm³/mol. The normalized spacial score (nSPS) is 25.1. The van der Waals surface area contributed by atoms with Crippen LogP contribution < -0.4 is 4.90 Å². The molecule has 1 saturated carbocycles. The van der Waals surface area contributed by atoms with Gasteiger partial charge in [0.05, 0.1) is 22.7 Å². The number of rotatable bonds is 1. The van der Waals surface area contributed by atoms with Crippen LogP contribution in [0.1, 0.15) is 26.2 Å². The van der Waals surface area contributed by atoms with Crippen molar-refractivity contribution in [2.75, 3.05) is 18.0 Å². The van der Waals surface area contributed by atoms with Crippen LogP contribution >= 0.6 is 0 Å². The van der Waals surface area contributed by atoms with Gasteiger partial charge in [-0.2, -0.15) is 0 Å². The van der Waals surface area contributed by atoms with E-state index >= 15 is 0 Å². The number of nitrogens with zero attached hydrogens (tertiary/aromatic N) is 3. The molecule has 2 heterocycles. The summed E-state index contributed by atoms with van der Waals surface area (Å²) in [7, 11) is 2.11. The van der Waals surface area contributed by atoms with Crippen LogP contribution in [0, 0.1) is 0 Å². The Kier molecular flexibility index (Phi) is 2.58. The van der Waals surface area contributed by atoms with Crippen molar-refractivity contribution in [2.45, 2.75) is 37.9 Å². The van der Waals surface area contributed by atoms with Crippen LogP contribution in [0.25, 0.3) is 11.0 Å². The molecule has 2 aromatic rings. The Morgan fingerprint density at radius 3 is 2.80 bits per heavy atom. The van der Waals surface area contributed by atoms with Crippen molar-refractivity contribution in [1.29, 1.82) is 0 Å². The molecule has 4 nitrogen and oxygen atoms in total. The first-order valence-electron chi connectivity index (χ1n) is 7.51. The number of ether oxygens (including phenoxy) is 1. The van der Waals surface area contributed by atoms with E-state index in [-0.39, 0.29) is 11.7 Å². The summed E-state index contributed by atoms with van der Waals surface area (Å²) in [4.78, 5) is 7.24. The Hall–Kier alpha value is -1.55. The van der Waals surface area contributed by atoms with Crippen LogP contribution in [-0.4, -0.2) is 34.3 Å². The van der Waals surface area contributed by atoms with Gasteiger partial charge in [0, 0.05) is 20.1 Å². The molecule has 0 radical (unpaired) electrons. The summed E-state index contributed by atoms with van der Waals surface area (Å²) in [6.45, 7) is 4.09. The summed E-state index contributed by atoms with van der Waals surface area (Å²) < 4.78 is 8.40. The summed E-state index contributed by atoms with van der Waals surface area (Å²) >= 11 is 0. The number of hydrogen-bond donors (Lipinski definition) is 0. The fourth-order valence-electron chi connectivity index (χ4n) is 3.64. The molecule has 1 atom stereocenters. The number of morpholine rings is 1. The highest BCUT2D eigenvalue weighted by Crippen LogP contribution is 2.40. The van der Waals surface area contributed by atoms with E-state index in [2.05, 4.69) is 47.7 Å². The number of hydrogen-bond acceptors (Lipinski definition) is 3. The van der Waals surface area contributed by atoms with E-state index in [0.29, 0.717) is 0 Å². The minimum Gasteiger partial charge on any atom is -0.368 e. The van der Waals surface area contributed by atoms with E-state index in [1.54, 1.807) is 0 Å². The number of para-hydroxylation sites is 2. The third kappa shape index (κ3) is 1.74. The zero-order valence-electron chi connectivity index (χ0n) is 12.2. The Bertz CT molecular complexity index is 644. The smallest absolute Gasteiger partial charge is 0.206 e. The standard InChI is InChI=1S/C16H21N3O/c1-12-10-19(11-16(20-12)8-5-9-16)15-17-13-6-3-4-7-14(13)18(15)2/h3-4,6-7,12H,5,8-11H2,1-2H3. The lowest BCUT2D eigenvalue weighted by atomic mass is 9.78. The summed E-state index contributed by atoms with van der Waals surface area (Å²) in [5.74, 6) is 1.08. The highest BCUT2D eigenvalue weighted by Gasteiger charge is 2.45. The number of anilines is 1. The second-order valence-corrected chi connectivity index (χ2v) is 6.31. The number of aromatic nitrogens is 2.